The molecule has 13 heavy (non-hydrogen) atoms. The minimum Gasteiger partial charge on any atom is -0.0533 e. The molecule has 2 aliphatic rings. The van der Waals surface area contributed by atoms with Crippen LogP contribution in [0.15, 0.2) is 0 Å². The van der Waals surface area contributed by atoms with E-state index < -0.39 is 0 Å². The third kappa shape index (κ3) is 3.00. The SMILES string of the molecule is [CH](CC1CCCCC1)C1CCCC1. The van der Waals surface area contributed by atoms with Gasteiger partial charge in [-0.25, -0.2) is 0 Å². The molecular formula is C13H23. The van der Waals surface area contributed by atoms with Crippen LogP contribution in [0.2, 0.25) is 0 Å². The molecular weight excluding hydrogens is 156 g/mol. The van der Waals surface area contributed by atoms with Crippen LogP contribution in [0, 0.1) is 18.3 Å². The van der Waals surface area contributed by atoms with Crippen molar-refractivity contribution in [3.05, 3.63) is 6.42 Å². The topological polar surface area (TPSA) is 0 Å². The zero-order valence-corrected chi connectivity index (χ0v) is 8.80. The van der Waals surface area contributed by atoms with Crippen LogP contribution in [0.4, 0.5) is 0 Å². The molecule has 0 amide bonds. The van der Waals surface area contributed by atoms with Crippen molar-refractivity contribution in [2.75, 3.05) is 0 Å². The van der Waals surface area contributed by atoms with Crippen molar-refractivity contribution in [2.45, 2.75) is 64.2 Å². The van der Waals surface area contributed by atoms with Crippen LogP contribution in [-0.2, 0) is 0 Å². The maximum atomic E-state index is 2.66. The predicted molar refractivity (Wildman–Crippen MR) is 57.5 cm³/mol. The van der Waals surface area contributed by atoms with Crippen LogP contribution < -0.4 is 0 Å². The normalized spacial score (nSPS) is 26.8. The molecule has 0 heteroatoms. The quantitative estimate of drug-likeness (QED) is 0.604. The molecule has 2 aliphatic carbocycles. The Balaban J connectivity index is 1.60. The first-order valence-corrected chi connectivity index (χ1v) is 6.28. The molecule has 75 valence electrons. The molecule has 1 radical (unpaired) electrons. The highest BCUT2D eigenvalue weighted by Crippen LogP contribution is 2.33. The molecule has 2 fully saturated rings. The van der Waals surface area contributed by atoms with Crippen molar-refractivity contribution in [1.29, 1.82) is 0 Å². The summed E-state index contributed by atoms with van der Waals surface area (Å²) in [5, 5.41) is 0. The van der Waals surface area contributed by atoms with Gasteiger partial charge < -0.3 is 0 Å². The number of hydrogen-bond acceptors (Lipinski definition) is 0. The summed E-state index contributed by atoms with van der Waals surface area (Å²) in [6.45, 7) is 0. The Morgan fingerprint density at radius 2 is 1.38 bits per heavy atom. The standard InChI is InChI=1S/C13H23/c1-2-6-12(7-3-1)10-11-13-8-4-5-9-13/h11-13H,1-10H2. The van der Waals surface area contributed by atoms with Gasteiger partial charge in [0.2, 0.25) is 0 Å². The minimum atomic E-state index is 1.00. The molecule has 0 spiro atoms. The van der Waals surface area contributed by atoms with E-state index in [0.29, 0.717) is 0 Å². The summed E-state index contributed by atoms with van der Waals surface area (Å²) in [5.41, 5.74) is 0. The Morgan fingerprint density at radius 1 is 0.769 bits per heavy atom. The first-order chi connectivity index (χ1) is 6.45. The van der Waals surface area contributed by atoms with Gasteiger partial charge in [0, 0.05) is 0 Å². The van der Waals surface area contributed by atoms with Gasteiger partial charge in [0.15, 0.2) is 0 Å². The minimum absolute atomic E-state index is 1.00. The lowest BCUT2D eigenvalue weighted by Gasteiger charge is -2.22. The lowest BCUT2D eigenvalue weighted by atomic mass is 9.84. The van der Waals surface area contributed by atoms with E-state index in [9.17, 15) is 0 Å². The highest BCUT2D eigenvalue weighted by Gasteiger charge is 2.18. The predicted octanol–water partition coefficient (Wildman–Crippen LogP) is 4.35. The largest absolute Gasteiger partial charge is 0.0533 e. The van der Waals surface area contributed by atoms with Gasteiger partial charge >= 0.3 is 0 Å². The van der Waals surface area contributed by atoms with Crippen LogP contribution in [0.25, 0.3) is 0 Å². The zero-order chi connectivity index (χ0) is 8.93. The first-order valence-electron chi connectivity index (χ1n) is 6.28. The molecule has 0 aromatic rings. The average molecular weight is 179 g/mol. The second-order valence-corrected chi connectivity index (χ2v) is 5.02. The van der Waals surface area contributed by atoms with E-state index in [4.69, 9.17) is 0 Å². The molecule has 0 aromatic carbocycles. The molecule has 0 bridgehead atoms. The monoisotopic (exact) mass is 179 g/mol. The molecule has 0 saturated heterocycles. The number of hydrogen-bond donors (Lipinski definition) is 0. The van der Waals surface area contributed by atoms with E-state index in [1.165, 1.54) is 64.2 Å². The van der Waals surface area contributed by atoms with E-state index in [-0.39, 0.29) is 0 Å². The Morgan fingerprint density at radius 3 is 2.08 bits per heavy atom. The maximum absolute atomic E-state index is 2.66. The molecule has 0 heterocycles. The van der Waals surface area contributed by atoms with Crippen LogP contribution in [0.1, 0.15) is 64.2 Å². The smallest absolute Gasteiger partial charge is 0.0352 e. The summed E-state index contributed by atoms with van der Waals surface area (Å²) in [7, 11) is 0. The Bertz CT molecular complexity index is 127. The van der Waals surface area contributed by atoms with Crippen molar-refractivity contribution < 1.29 is 0 Å². The van der Waals surface area contributed by atoms with Crippen LogP contribution in [-0.4, -0.2) is 0 Å². The van der Waals surface area contributed by atoms with Gasteiger partial charge in [-0.3, -0.25) is 0 Å². The fraction of sp³-hybridized carbons (Fsp3) is 0.923. The van der Waals surface area contributed by atoms with Crippen LogP contribution >= 0.6 is 0 Å². The third-order valence-electron chi connectivity index (χ3n) is 3.93. The molecule has 2 rings (SSSR count). The summed E-state index contributed by atoms with van der Waals surface area (Å²) >= 11 is 0. The average Bonchev–Trinajstić information content (AvgIpc) is 2.69. The van der Waals surface area contributed by atoms with Crippen LogP contribution in [0.5, 0.6) is 0 Å². The van der Waals surface area contributed by atoms with E-state index in [1.54, 1.807) is 0 Å². The summed E-state index contributed by atoms with van der Waals surface area (Å²) < 4.78 is 0. The van der Waals surface area contributed by atoms with Gasteiger partial charge in [-0.1, -0.05) is 57.8 Å². The highest BCUT2D eigenvalue weighted by molar-refractivity contribution is 4.83. The Hall–Kier alpha value is 0. The molecule has 0 N–H and O–H groups in total. The third-order valence-corrected chi connectivity index (χ3v) is 3.93. The van der Waals surface area contributed by atoms with Gasteiger partial charge in [0.1, 0.15) is 0 Å². The van der Waals surface area contributed by atoms with Gasteiger partial charge in [0.05, 0.1) is 0 Å². The summed E-state index contributed by atoms with van der Waals surface area (Å²) in [4.78, 5) is 0. The van der Waals surface area contributed by atoms with Gasteiger partial charge in [0.25, 0.3) is 0 Å². The molecule has 0 unspecified atom stereocenters. The van der Waals surface area contributed by atoms with Gasteiger partial charge in [-0.05, 0) is 24.7 Å². The molecule has 0 aliphatic heterocycles. The summed E-state index contributed by atoms with van der Waals surface area (Å²) in [6.07, 6.45) is 17.6. The van der Waals surface area contributed by atoms with E-state index >= 15 is 0 Å². The van der Waals surface area contributed by atoms with E-state index in [1.807, 2.05) is 0 Å². The van der Waals surface area contributed by atoms with E-state index in [2.05, 4.69) is 6.42 Å². The Kier molecular flexibility index (Phi) is 3.69. The lowest BCUT2D eigenvalue weighted by Crippen LogP contribution is -2.08. The second kappa shape index (κ2) is 5.02. The second-order valence-electron chi connectivity index (χ2n) is 5.02. The van der Waals surface area contributed by atoms with Crippen molar-refractivity contribution in [3.8, 4) is 0 Å². The van der Waals surface area contributed by atoms with Crippen LogP contribution in [0.3, 0.4) is 0 Å². The zero-order valence-electron chi connectivity index (χ0n) is 8.80. The fourth-order valence-corrected chi connectivity index (χ4v) is 3.00. The highest BCUT2D eigenvalue weighted by atomic mass is 14.2. The summed E-state index contributed by atoms with van der Waals surface area (Å²) in [5.74, 6) is 2.07. The van der Waals surface area contributed by atoms with Gasteiger partial charge in [-0.2, -0.15) is 0 Å². The van der Waals surface area contributed by atoms with Crippen molar-refractivity contribution in [3.63, 3.8) is 0 Å². The maximum Gasteiger partial charge on any atom is -0.0352 e. The van der Waals surface area contributed by atoms with Crippen molar-refractivity contribution in [1.82, 2.24) is 0 Å². The molecule has 0 atom stereocenters. The Labute approximate surface area is 83.1 Å². The number of rotatable bonds is 3. The fourth-order valence-electron chi connectivity index (χ4n) is 3.00. The molecule has 2 saturated carbocycles. The van der Waals surface area contributed by atoms with Crippen molar-refractivity contribution >= 4 is 0 Å². The first kappa shape index (κ1) is 9.55. The molecule has 0 aromatic heterocycles. The van der Waals surface area contributed by atoms with Gasteiger partial charge in [-0.15, -0.1) is 0 Å². The van der Waals surface area contributed by atoms with E-state index in [0.717, 1.165) is 11.8 Å². The lowest BCUT2D eigenvalue weighted by molar-refractivity contribution is 0.343. The van der Waals surface area contributed by atoms with Crippen molar-refractivity contribution in [2.24, 2.45) is 11.8 Å². The molecule has 0 nitrogen and oxygen atoms in total. The summed E-state index contributed by atoms with van der Waals surface area (Å²) in [6, 6.07) is 0.